The molecule has 0 atom stereocenters. The summed E-state index contributed by atoms with van der Waals surface area (Å²) >= 11 is 7.49. The van der Waals surface area contributed by atoms with Crippen molar-refractivity contribution in [2.24, 2.45) is 0 Å². The summed E-state index contributed by atoms with van der Waals surface area (Å²) in [5.74, 6) is 0.0515. The number of hydrogen-bond donors (Lipinski definition) is 0. The Bertz CT molecular complexity index is 943. The number of halogens is 1. The van der Waals surface area contributed by atoms with Crippen LogP contribution in [-0.4, -0.2) is 5.78 Å². The molecule has 0 spiro atoms. The van der Waals surface area contributed by atoms with Crippen LogP contribution in [0.15, 0.2) is 70.5 Å². The molecule has 106 valence electrons. The predicted molar refractivity (Wildman–Crippen MR) is 93.6 cm³/mol. The fraction of sp³-hybridized carbons (Fsp3) is 0. The lowest BCUT2D eigenvalue weighted by Gasteiger charge is -2.00. The number of hydrogen-bond acceptors (Lipinski definition) is 2. The van der Waals surface area contributed by atoms with Crippen molar-refractivity contribution in [1.29, 1.82) is 0 Å². The number of carbonyl (C=O) groups is 1. The van der Waals surface area contributed by atoms with Crippen LogP contribution >= 0.6 is 23.4 Å². The van der Waals surface area contributed by atoms with Gasteiger partial charge in [0.15, 0.2) is 0 Å². The number of allylic oxidation sites excluding steroid dienone is 1. The van der Waals surface area contributed by atoms with Gasteiger partial charge >= 0.3 is 0 Å². The van der Waals surface area contributed by atoms with Gasteiger partial charge in [-0.1, -0.05) is 59.8 Å². The van der Waals surface area contributed by atoms with Crippen molar-refractivity contribution in [2.75, 3.05) is 0 Å². The van der Waals surface area contributed by atoms with E-state index in [9.17, 15) is 4.79 Å². The van der Waals surface area contributed by atoms with Crippen LogP contribution in [0.5, 0.6) is 0 Å². The molecule has 3 aromatic rings. The minimum Gasteiger partial charge on any atom is -0.288 e. The van der Waals surface area contributed by atoms with Gasteiger partial charge in [-0.3, -0.25) is 4.79 Å². The number of ketones is 1. The molecule has 0 N–H and O–H groups in total. The third kappa shape index (κ3) is 2.35. The molecular formula is C19H11ClOS. The number of fused-ring (bicyclic) bond motifs is 2. The summed E-state index contributed by atoms with van der Waals surface area (Å²) in [5, 5.41) is 2.97. The Morgan fingerprint density at radius 3 is 2.59 bits per heavy atom. The zero-order chi connectivity index (χ0) is 15.1. The van der Waals surface area contributed by atoms with Gasteiger partial charge in [0.05, 0.1) is 4.91 Å². The van der Waals surface area contributed by atoms with E-state index >= 15 is 0 Å². The molecule has 1 aliphatic heterocycles. The zero-order valence-corrected chi connectivity index (χ0v) is 13.1. The van der Waals surface area contributed by atoms with E-state index < -0.39 is 0 Å². The molecule has 3 heteroatoms. The topological polar surface area (TPSA) is 17.1 Å². The highest BCUT2D eigenvalue weighted by Crippen LogP contribution is 2.41. The SMILES string of the molecule is O=C1/C(=C\c2ccc3ccccc3c2)Sc2ccc(Cl)cc21. The number of thioether (sulfide) groups is 1. The highest BCUT2D eigenvalue weighted by molar-refractivity contribution is 8.04. The number of benzene rings is 3. The van der Waals surface area contributed by atoms with Crippen LogP contribution in [-0.2, 0) is 0 Å². The summed E-state index contributed by atoms with van der Waals surface area (Å²) in [7, 11) is 0. The van der Waals surface area contributed by atoms with E-state index in [-0.39, 0.29) is 5.78 Å². The first-order valence-corrected chi connectivity index (χ1v) is 8.13. The van der Waals surface area contributed by atoms with Crippen LogP contribution in [0.2, 0.25) is 5.02 Å². The molecule has 0 aliphatic carbocycles. The molecule has 0 unspecified atom stereocenters. The average molecular weight is 323 g/mol. The van der Waals surface area contributed by atoms with Gasteiger partial charge in [-0.15, -0.1) is 0 Å². The van der Waals surface area contributed by atoms with E-state index in [0.717, 1.165) is 15.4 Å². The maximum atomic E-state index is 12.5. The van der Waals surface area contributed by atoms with E-state index in [1.54, 1.807) is 6.07 Å². The van der Waals surface area contributed by atoms with Crippen molar-refractivity contribution in [3.8, 4) is 0 Å². The molecule has 0 amide bonds. The maximum absolute atomic E-state index is 12.5. The van der Waals surface area contributed by atoms with Crippen LogP contribution in [0.4, 0.5) is 0 Å². The van der Waals surface area contributed by atoms with Crippen LogP contribution in [0.25, 0.3) is 16.8 Å². The van der Waals surface area contributed by atoms with Crippen LogP contribution in [0.1, 0.15) is 15.9 Å². The number of Topliss-reactive ketones (excluding diaryl/α,β-unsaturated/α-hetero) is 1. The summed E-state index contributed by atoms with van der Waals surface area (Å²) in [6, 6.07) is 19.9. The molecule has 0 fully saturated rings. The van der Waals surface area contributed by atoms with E-state index in [0.29, 0.717) is 10.6 Å². The first kappa shape index (κ1) is 13.6. The first-order valence-electron chi connectivity index (χ1n) is 6.93. The van der Waals surface area contributed by atoms with E-state index in [4.69, 9.17) is 11.6 Å². The standard InChI is InChI=1S/C19H11ClOS/c20-15-7-8-17-16(11-15)19(21)18(22-17)10-12-5-6-13-3-1-2-4-14(13)9-12/h1-11H/b18-10+. The molecule has 0 radical (unpaired) electrons. The summed E-state index contributed by atoms with van der Waals surface area (Å²) in [4.78, 5) is 14.2. The van der Waals surface area contributed by atoms with Gasteiger partial charge in [-0.05, 0) is 46.7 Å². The molecule has 0 saturated heterocycles. The minimum absolute atomic E-state index is 0.0515. The molecule has 3 aromatic carbocycles. The summed E-state index contributed by atoms with van der Waals surface area (Å²) < 4.78 is 0. The quantitative estimate of drug-likeness (QED) is 0.525. The van der Waals surface area contributed by atoms with Gasteiger partial charge in [0.2, 0.25) is 5.78 Å². The fourth-order valence-corrected chi connectivity index (χ4v) is 3.81. The van der Waals surface area contributed by atoms with Gasteiger partial charge in [-0.2, -0.15) is 0 Å². The van der Waals surface area contributed by atoms with Crippen molar-refractivity contribution in [3.63, 3.8) is 0 Å². The summed E-state index contributed by atoms with van der Waals surface area (Å²) in [5.41, 5.74) is 1.73. The van der Waals surface area contributed by atoms with Gasteiger partial charge in [0.1, 0.15) is 0 Å². The van der Waals surface area contributed by atoms with E-state index in [1.807, 2.05) is 36.4 Å². The molecule has 0 saturated carbocycles. The highest BCUT2D eigenvalue weighted by Gasteiger charge is 2.25. The Morgan fingerprint density at radius 1 is 0.909 bits per heavy atom. The molecule has 1 aliphatic rings. The van der Waals surface area contributed by atoms with Gasteiger partial charge in [0.25, 0.3) is 0 Å². The number of carbonyl (C=O) groups excluding carboxylic acids is 1. The first-order chi connectivity index (χ1) is 10.7. The monoisotopic (exact) mass is 322 g/mol. The Balaban J connectivity index is 1.75. The Labute approximate surface area is 137 Å². The van der Waals surface area contributed by atoms with Crippen molar-refractivity contribution in [1.82, 2.24) is 0 Å². The molecule has 0 aromatic heterocycles. The lowest BCUT2D eigenvalue weighted by Crippen LogP contribution is -1.93. The molecule has 1 nitrogen and oxygen atoms in total. The predicted octanol–water partition coefficient (Wildman–Crippen LogP) is 5.82. The average Bonchev–Trinajstić information content (AvgIpc) is 2.83. The van der Waals surface area contributed by atoms with Crippen molar-refractivity contribution in [3.05, 3.63) is 81.7 Å². The summed E-state index contributed by atoms with van der Waals surface area (Å²) in [6.45, 7) is 0. The van der Waals surface area contributed by atoms with Gasteiger partial charge < -0.3 is 0 Å². The van der Waals surface area contributed by atoms with Gasteiger partial charge in [0, 0.05) is 15.5 Å². The van der Waals surface area contributed by atoms with Crippen LogP contribution in [0, 0.1) is 0 Å². The second-order valence-electron chi connectivity index (χ2n) is 5.19. The minimum atomic E-state index is 0.0515. The Hall–Kier alpha value is -2.03. The van der Waals surface area contributed by atoms with Crippen LogP contribution < -0.4 is 0 Å². The molecule has 1 heterocycles. The van der Waals surface area contributed by atoms with Crippen molar-refractivity contribution >= 4 is 46.0 Å². The second kappa shape index (κ2) is 5.31. The fourth-order valence-electron chi connectivity index (χ4n) is 2.61. The zero-order valence-electron chi connectivity index (χ0n) is 11.5. The maximum Gasteiger partial charge on any atom is 0.200 e. The molecular weight excluding hydrogens is 312 g/mol. The highest BCUT2D eigenvalue weighted by atomic mass is 35.5. The molecule has 22 heavy (non-hydrogen) atoms. The molecule has 0 bridgehead atoms. The third-order valence-electron chi connectivity index (χ3n) is 3.70. The normalized spacial score (nSPS) is 15.5. The third-order valence-corrected chi connectivity index (χ3v) is 5.04. The van der Waals surface area contributed by atoms with Gasteiger partial charge in [-0.25, -0.2) is 0 Å². The Kier molecular flexibility index (Phi) is 3.29. The lowest BCUT2D eigenvalue weighted by molar-refractivity contribution is 0.104. The number of rotatable bonds is 1. The largest absolute Gasteiger partial charge is 0.288 e. The molecule has 4 rings (SSSR count). The Morgan fingerprint density at radius 2 is 1.73 bits per heavy atom. The van der Waals surface area contributed by atoms with E-state index in [2.05, 4.69) is 24.3 Å². The second-order valence-corrected chi connectivity index (χ2v) is 6.71. The van der Waals surface area contributed by atoms with Crippen molar-refractivity contribution in [2.45, 2.75) is 4.90 Å². The smallest absolute Gasteiger partial charge is 0.200 e. The lowest BCUT2D eigenvalue weighted by atomic mass is 10.1. The van der Waals surface area contributed by atoms with E-state index in [1.165, 1.54) is 22.5 Å². The van der Waals surface area contributed by atoms with Crippen LogP contribution in [0.3, 0.4) is 0 Å². The van der Waals surface area contributed by atoms with Crippen molar-refractivity contribution < 1.29 is 4.79 Å². The summed E-state index contributed by atoms with van der Waals surface area (Å²) in [6.07, 6.45) is 1.95.